The Hall–Kier alpha value is -4.66. The number of nitrogens with zero attached hydrogens (tertiary/aromatic N) is 1. The molecule has 1 N–H and O–H groups in total. The van der Waals surface area contributed by atoms with Gasteiger partial charge >= 0.3 is 12.6 Å². The number of amides is 1. The smallest absolute Gasteiger partial charge is 0.387 e. The monoisotopic (exact) mass is 504 g/mol. The number of pyridine rings is 1. The van der Waals surface area contributed by atoms with E-state index in [2.05, 4.69) is 15.0 Å². The first-order valence-corrected chi connectivity index (χ1v) is 11.3. The van der Waals surface area contributed by atoms with Crippen LogP contribution < -0.4 is 10.1 Å². The Morgan fingerprint density at radius 1 is 0.919 bits per heavy atom. The number of rotatable bonds is 8. The molecule has 0 saturated heterocycles. The third-order valence-electron chi connectivity index (χ3n) is 5.52. The van der Waals surface area contributed by atoms with Crippen LogP contribution in [0.25, 0.3) is 22.2 Å². The van der Waals surface area contributed by atoms with Gasteiger partial charge in [-0.2, -0.15) is 8.78 Å². The number of Topliss-reactive ketones (excluding diaryl/α,β-unsaturated/α-hetero) is 1. The summed E-state index contributed by atoms with van der Waals surface area (Å²) in [6, 6.07) is 20.7. The molecule has 1 amide bonds. The zero-order valence-corrected chi connectivity index (χ0v) is 19.9. The third-order valence-corrected chi connectivity index (χ3v) is 5.52. The number of aromatic nitrogens is 1. The van der Waals surface area contributed by atoms with Crippen molar-refractivity contribution < 1.29 is 32.6 Å². The Kier molecular flexibility index (Phi) is 7.52. The number of carbonyl (C=O) groups excluding carboxylic acids is 3. The molecule has 1 aromatic heterocycles. The second-order valence-electron chi connectivity index (χ2n) is 8.15. The Labute approximate surface area is 211 Å². The second-order valence-corrected chi connectivity index (χ2v) is 8.15. The van der Waals surface area contributed by atoms with Gasteiger partial charge in [0, 0.05) is 22.2 Å². The molecule has 0 aliphatic rings. The lowest BCUT2D eigenvalue weighted by Crippen LogP contribution is -2.30. The quantitative estimate of drug-likeness (QED) is 0.238. The lowest BCUT2D eigenvalue weighted by Gasteiger charge is -2.15. The number of anilines is 1. The van der Waals surface area contributed by atoms with Gasteiger partial charge in [0.15, 0.2) is 11.9 Å². The molecule has 1 heterocycles. The van der Waals surface area contributed by atoms with Gasteiger partial charge in [-0.15, -0.1) is 0 Å². The molecule has 1 atom stereocenters. The van der Waals surface area contributed by atoms with E-state index >= 15 is 0 Å². The van der Waals surface area contributed by atoms with Crippen LogP contribution in [0.3, 0.4) is 0 Å². The molecule has 7 nitrogen and oxygen atoms in total. The fourth-order valence-corrected chi connectivity index (χ4v) is 3.61. The Balaban J connectivity index is 1.55. The first-order valence-electron chi connectivity index (χ1n) is 11.3. The topological polar surface area (TPSA) is 94.6 Å². The summed E-state index contributed by atoms with van der Waals surface area (Å²) >= 11 is 0. The van der Waals surface area contributed by atoms with E-state index in [-0.39, 0.29) is 17.1 Å². The van der Waals surface area contributed by atoms with E-state index in [0.717, 1.165) is 0 Å². The lowest BCUT2D eigenvalue weighted by molar-refractivity contribution is -0.123. The number of benzene rings is 3. The summed E-state index contributed by atoms with van der Waals surface area (Å²) in [5.74, 6) is -1.37. The summed E-state index contributed by atoms with van der Waals surface area (Å²) < 4.78 is 34.8. The van der Waals surface area contributed by atoms with Gasteiger partial charge in [-0.25, -0.2) is 9.78 Å². The predicted molar refractivity (Wildman–Crippen MR) is 134 cm³/mol. The molecule has 0 radical (unpaired) electrons. The van der Waals surface area contributed by atoms with Crippen LogP contribution in [0, 0.1) is 0 Å². The van der Waals surface area contributed by atoms with Crippen molar-refractivity contribution in [3.8, 4) is 17.0 Å². The van der Waals surface area contributed by atoms with Crippen molar-refractivity contribution in [1.29, 1.82) is 0 Å². The average Bonchev–Trinajstić information content (AvgIpc) is 2.88. The number of nitrogens with one attached hydrogen (secondary N) is 1. The number of hydrogen-bond acceptors (Lipinski definition) is 6. The number of fused-ring (bicyclic) bond motifs is 1. The van der Waals surface area contributed by atoms with Crippen LogP contribution in [-0.4, -0.2) is 35.4 Å². The first kappa shape index (κ1) is 25.4. The summed E-state index contributed by atoms with van der Waals surface area (Å²) in [6.07, 6.45) is -1.12. The van der Waals surface area contributed by atoms with E-state index in [9.17, 15) is 23.2 Å². The number of esters is 1. The van der Waals surface area contributed by atoms with E-state index < -0.39 is 24.6 Å². The number of alkyl halides is 2. The minimum absolute atomic E-state index is 0.00468. The summed E-state index contributed by atoms with van der Waals surface area (Å²) in [6.45, 7) is -0.0474. The van der Waals surface area contributed by atoms with Crippen molar-refractivity contribution in [1.82, 2.24) is 4.98 Å². The molecule has 0 aliphatic heterocycles. The number of para-hydroxylation sites is 1. The SMILES string of the molecule is CC(=O)c1ccc(NC(=O)[C@@H](C)OC(=O)c2cc(-c3ccc(OC(F)F)cc3)nc3ccccc23)cc1. The highest BCUT2D eigenvalue weighted by Crippen LogP contribution is 2.27. The van der Waals surface area contributed by atoms with Crippen LogP contribution in [0.1, 0.15) is 34.6 Å². The maximum atomic E-state index is 13.1. The molecule has 188 valence electrons. The number of carbonyl (C=O) groups is 3. The van der Waals surface area contributed by atoms with Crippen LogP contribution in [-0.2, 0) is 9.53 Å². The van der Waals surface area contributed by atoms with Gasteiger partial charge in [-0.3, -0.25) is 9.59 Å². The number of halogens is 2. The highest BCUT2D eigenvalue weighted by molar-refractivity contribution is 6.06. The van der Waals surface area contributed by atoms with Gasteiger partial charge in [0.2, 0.25) is 0 Å². The van der Waals surface area contributed by atoms with Crippen molar-refractivity contribution in [2.75, 3.05) is 5.32 Å². The minimum atomic E-state index is -2.94. The van der Waals surface area contributed by atoms with Gasteiger partial charge in [0.1, 0.15) is 5.75 Å². The van der Waals surface area contributed by atoms with E-state index in [1.807, 2.05) is 0 Å². The van der Waals surface area contributed by atoms with Crippen molar-refractivity contribution in [2.45, 2.75) is 26.6 Å². The van der Waals surface area contributed by atoms with Crippen molar-refractivity contribution in [3.05, 3.63) is 90.0 Å². The maximum Gasteiger partial charge on any atom is 0.387 e. The fourth-order valence-electron chi connectivity index (χ4n) is 3.61. The second kappa shape index (κ2) is 10.9. The predicted octanol–water partition coefficient (Wildman–Crippen LogP) is 5.89. The molecular formula is C28H22F2N2O5. The summed E-state index contributed by atoms with van der Waals surface area (Å²) in [7, 11) is 0. The molecule has 0 aliphatic carbocycles. The van der Waals surface area contributed by atoms with E-state index in [1.54, 1.807) is 60.7 Å². The maximum absolute atomic E-state index is 13.1. The standard InChI is InChI=1S/C28H22F2N2O5/c1-16(33)18-7-11-20(12-8-18)31-26(34)17(2)36-27(35)23-15-25(32-24-6-4-3-5-22(23)24)19-9-13-21(14-10-19)37-28(29)30/h3-15,17,28H,1-2H3,(H,31,34)/t17-/m1/s1. The molecule has 0 fully saturated rings. The van der Waals surface area contributed by atoms with Crippen LogP contribution >= 0.6 is 0 Å². The van der Waals surface area contributed by atoms with Crippen molar-refractivity contribution in [3.63, 3.8) is 0 Å². The molecule has 0 bridgehead atoms. The fraction of sp³-hybridized carbons (Fsp3) is 0.143. The van der Waals surface area contributed by atoms with Crippen LogP contribution in [0.4, 0.5) is 14.5 Å². The molecule has 9 heteroatoms. The van der Waals surface area contributed by atoms with Gasteiger partial charge in [-0.05, 0) is 74.5 Å². The van der Waals surface area contributed by atoms with Gasteiger partial charge < -0.3 is 14.8 Å². The summed E-state index contributed by atoms with van der Waals surface area (Å²) in [5, 5.41) is 3.18. The minimum Gasteiger partial charge on any atom is -0.449 e. The Morgan fingerprint density at radius 2 is 1.59 bits per heavy atom. The summed E-state index contributed by atoms with van der Waals surface area (Å²) in [5.41, 5.74) is 2.66. The Bertz CT molecular complexity index is 1450. The zero-order valence-electron chi connectivity index (χ0n) is 19.9. The van der Waals surface area contributed by atoms with Crippen molar-refractivity contribution >= 4 is 34.3 Å². The van der Waals surface area contributed by atoms with Gasteiger partial charge in [0.05, 0.1) is 16.8 Å². The molecule has 3 aromatic carbocycles. The highest BCUT2D eigenvalue weighted by atomic mass is 19.3. The normalized spacial score (nSPS) is 11.7. The van der Waals surface area contributed by atoms with E-state index in [0.29, 0.717) is 33.4 Å². The van der Waals surface area contributed by atoms with Crippen molar-refractivity contribution in [2.24, 2.45) is 0 Å². The number of ketones is 1. The van der Waals surface area contributed by atoms with Crippen LogP contribution in [0.15, 0.2) is 78.9 Å². The molecule has 0 saturated carbocycles. The van der Waals surface area contributed by atoms with E-state index in [4.69, 9.17) is 4.74 Å². The molecule has 0 spiro atoms. The summed E-state index contributed by atoms with van der Waals surface area (Å²) in [4.78, 5) is 41.7. The molecule has 4 aromatic rings. The number of ether oxygens (including phenoxy) is 2. The lowest BCUT2D eigenvalue weighted by atomic mass is 10.0. The van der Waals surface area contributed by atoms with Gasteiger partial charge in [-0.1, -0.05) is 18.2 Å². The molecule has 0 unspecified atom stereocenters. The molecule has 37 heavy (non-hydrogen) atoms. The van der Waals surface area contributed by atoms with Crippen LogP contribution in [0.5, 0.6) is 5.75 Å². The van der Waals surface area contributed by atoms with Gasteiger partial charge in [0.25, 0.3) is 5.91 Å². The number of hydrogen-bond donors (Lipinski definition) is 1. The van der Waals surface area contributed by atoms with Crippen LogP contribution in [0.2, 0.25) is 0 Å². The molecule has 4 rings (SSSR count). The zero-order chi connectivity index (χ0) is 26.5. The average molecular weight is 504 g/mol. The Morgan fingerprint density at radius 3 is 2.24 bits per heavy atom. The largest absolute Gasteiger partial charge is 0.449 e. The highest BCUT2D eigenvalue weighted by Gasteiger charge is 2.22. The third kappa shape index (κ3) is 6.13. The first-order chi connectivity index (χ1) is 17.7. The molecular weight excluding hydrogens is 482 g/mol. The van der Waals surface area contributed by atoms with E-state index in [1.165, 1.54) is 32.0 Å².